The predicted octanol–water partition coefficient (Wildman–Crippen LogP) is 1.81. The Bertz CT molecular complexity index is 1430. The molecule has 13 heteroatoms. The summed E-state index contributed by atoms with van der Waals surface area (Å²) in [6, 6.07) is 10.7. The molecule has 0 radical (unpaired) electrons. The Morgan fingerprint density at radius 3 is 2.46 bits per heavy atom. The number of aromatic nitrogens is 5. The monoisotopic (exact) mass is 567 g/mol. The summed E-state index contributed by atoms with van der Waals surface area (Å²) >= 11 is 0. The van der Waals surface area contributed by atoms with Crippen LogP contribution in [0.2, 0.25) is 0 Å². The number of aryl methyl sites for hydroxylation is 1. The van der Waals surface area contributed by atoms with Crippen LogP contribution in [0.25, 0.3) is 11.2 Å². The van der Waals surface area contributed by atoms with Crippen LogP contribution < -0.4 is 10.6 Å². The first-order valence-corrected chi connectivity index (χ1v) is 13.8. The van der Waals surface area contributed by atoms with Crippen molar-refractivity contribution in [3.05, 3.63) is 59.7 Å². The van der Waals surface area contributed by atoms with Crippen LogP contribution in [-0.2, 0) is 17.6 Å². The number of ether oxygens (including phenoxy) is 1. The van der Waals surface area contributed by atoms with Crippen molar-refractivity contribution in [2.75, 3.05) is 23.8 Å². The minimum Gasteiger partial charge on any atom is -0.394 e. The lowest BCUT2D eigenvalue weighted by Crippen LogP contribution is -2.31. The molecule has 1 aliphatic rings. The normalized spacial score (nSPS) is 22.3. The Morgan fingerprint density at radius 2 is 1.80 bits per heavy atom. The molecule has 220 valence electrons. The fourth-order valence-electron chi connectivity index (χ4n) is 4.86. The zero-order chi connectivity index (χ0) is 29.1. The van der Waals surface area contributed by atoms with E-state index >= 15 is 0 Å². The van der Waals surface area contributed by atoms with Crippen LogP contribution in [0.4, 0.5) is 11.8 Å². The molecule has 1 fully saturated rings. The van der Waals surface area contributed by atoms with Gasteiger partial charge in [0.2, 0.25) is 5.95 Å². The van der Waals surface area contributed by atoms with Gasteiger partial charge in [-0.15, -0.1) is 0 Å². The highest BCUT2D eigenvalue weighted by Crippen LogP contribution is 2.40. The fraction of sp³-hybridized carbons (Fsp3) is 0.500. The van der Waals surface area contributed by atoms with E-state index in [9.17, 15) is 20.4 Å². The largest absolute Gasteiger partial charge is 0.394 e. The lowest BCUT2D eigenvalue weighted by atomic mass is 10.1. The number of hydrogen-bond acceptors (Lipinski definition) is 12. The van der Waals surface area contributed by atoms with E-state index in [1.807, 2.05) is 51.1 Å². The van der Waals surface area contributed by atoms with E-state index in [4.69, 9.17) is 9.26 Å². The van der Waals surface area contributed by atoms with Gasteiger partial charge in [-0.05, 0) is 24.3 Å². The van der Waals surface area contributed by atoms with Crippen molar-refractivity contribution in [2.24, 2.45) is 5.92 Å². The molecule has 0 aliphatic carbocycles. The maximum absolute atomic E-state index is 11.0. The summed E-state index contributed by atoms with van der Waals surface area (Å²) in [6.07, 6.45) is -1.94. The first kappa shape index (κ1) is 28.9. The van der Waals surface area contributed by atoms with Crippen LogP contribution in [0.1, 0.15) is 50.1 Å². The number of nitrogens with zero attached hydrogens (tertiary/aromatic N) is 5. The summed E-state index contributed by atoms with van der Waals surface area (Å²) < 4.78 is 13.0. The molecule has 1 aliphatic heterocycles. The van der Waals surface area contributed by atoms with Gasteiger partial charge in [-0.2, -0.15) is 9.97 Å². The lowest BCUT2D eigenvalue weighted by molar-refractivity contribution is -0.0434. The summed E-state index contributed by atoms with van der Waals surface area (Å²) in [6.45, 7) is 5.59. The number of imidazole rings is 1. The molecule has 5 rings (SSSR count). The molecule has 6 atom stereocenters. The first-order chi connectivity index (χ1) is 19.8. The van der Waals surface area contributed by atoms with E-state index in [0.717, 1.165) is 5.56 Å². The third-order valence-corrected chi connectivity index (χ3v) is 7.36. The van der Waals surface area contributed by atoms with Crippen LogP contribution in [0, 0.1) is 5.92 Å². The van der Waals surface area contributed by atoms with E-state index in [1.165, 1.54) is 10.9 Å². The number of aliphatic hydroxyl groups excluding tert-OH is 4. The number of hydrogen-bond donors (Lipinski definition) is 6. The van der Waals surface area contributed by atoms with Gasteiger partial charge in [0, 0.05) is 6.07 Å². The summed E-state index contributed by atoms with van der Waals surface area (Å²) in [5, 5.41) is 52.4. The lowest BCUT2D eigenvalue weighted by Gasteiger charge is -2.22. The summed E-state index contributed by atoms with van der Waals surface area (Å²) in [4.78, 5) is 13.8. The van der Waals surface area contributed by atoms with Gasteiger partial charge in [0.05, 0.1) is 37.3 Å². The number of anilines is 2. The molecule has 13 nitrogen and oxygen atoms in total. The van der Waals surface area contributed by atoms with Crippen molar-refractivity contribution in [3.8, 4) is 0 Å². The third kappa shape index (κ3) is 6.04. The average Bonchev–Trinajstić information content (AvgIpc) is 3.69. The molecule has 0 bridgehead atoms. The molecule has 4 heterocycles. The number of fused-ring (bicyclic) bond motifs is 1. The number of aliphatic hydroxyl groups is 4. The minimum atomic E-state index is -1.32. The second-order valence-corrected chi connectivity index (χ2v) is 10.6. The minimum absolute atomic E-state index is 0.0811. The Kier molecular flexibility index (Phi) is 8.80. The summed E-state index contributed by atoms with van der Waals surface area (Å²) in [7, 11) is 0. The molecule has 3 aromatic heterocycles. The molecule has 6 N–H and O–H groups in total. The predicted molar refractivity (Wildman–Crippen MR) is 150 cm³/mol. The van der Waals surface area contributed by atoms with E-state index < -0.39 is 30.6 Å². The molecule has 4 aromatic rings. The molecular formula is C28H37N7O6. The highest BCUT2D eigenvalue weighted by Gasteiger charge is 2.47. The quantitative estimate of drug-likeness (QED) is 0.146. The van der Waals surface area contributed by atoms with Crippen molar-refractivity contribution in [2.45, 2.75) is 70.2 Å². The van der Waals surface area contributed by atoms with Gasteiger partial charge in [-0.3, -0.25) is 4.57 Å². The third-order valence-electron chi connectivity index (χ3n) is 7.36. The van der Waals surface area contributed by atoms with Crippen molar-refractivity contribution in [3.63, 3.8) is 0 Å². The van der Waals surface area contributed by atoms with Crippen molar-refractivity contribution in [1.82, 2.24) is 24.7 Å². The molecule has 0 spiro atoms. The highest BCUT2D eigenvalue weighted by molar-refractivity contribution is 5.84. The van der Waals surface area contributed by atoms with E-state index in [1.54, 1.807) is 6.07 Å². The topological polar surface area (TPSA) is 184 Å². The van der Waals surface area contributed by atoms with Gasteiger partial charge in [0.15, 0.2) is 29.0 Å². The molecule has 1 saturated heterocycles. The molecule has 1 aromatic carbocycles. The van der Waals surface area contributed by atoms with Crippen LogP contribution in [-0.4, -0.2) is 82.6 Å². The van der Waals surface area contributed by atoms with Crippen LogP contribution in [0.5, 0.6) is 0 Å². The maximum Gasteiger partial charge on any atom is 0.227 e. The standard InChI is InChI=1S/C28H37N7O6/c1-4-17-11-20(41-34-17)24-22(38)23(39)27(40-24)35-14-29-21-25(31-19(13-37)15(2)3)32-28(33-26(21)35)30-18(12-36)10-16-8-6-5-7-9-16/h5-9,11,14-15,18-19,22-24,27,36-39H,4,10,12-13H2,1-3H3,(H2,30,31,32,33)/t18-,19?,22-,23+,24+,27+/m0/s1. The fourth-order valence-corrected chi connectivity index (χ4v) is 4.86. The molecule has 41 heavy (non-hydrogen) atoms. The number of nitrogens with one attached hydrogen (secondary N) is 2. The molecule has 0 saturated carbocycles. The second kappa shape index (κ2) is 12.5. The summed E-state index contributed by atoms with van der Waals surface area (Å²) in [5.74, 6) is 0.976. The molecule has 0 amide bonds. The van der Waals surface area contributed by atoms with Crippen molar-refractivity contribution in [1.29, 1.82) is 0 Å². The van der Waals surface area contributed by atoms with E-state index in [2.05, 4.69) is 30.7 Å². The Hall–Kier alpha value is -3.62. The zero-order valence-electron chi connectivity index (χ0n) is 23.3. The SMILES string of the molecule is CCc1cc([C@H]2O[C@@H](n3cnc4c(NC(CO)C(C)C)nc(N[C@H](CO)Cc5ccccc5)nc43)[C@H](O)[C@@H]2O)on1. The Balaban J connectivity index is 1.50. The first-order valence-electron chi connectivity index (χ1n) is 13.8. The van der Waals surface area contributed by atoms with Crippen LogP contribution in [0.15, 0.2) is 47.2 Å². The summed E-state index contributed by atoms with van der Waals surface area (Å²) in [5.41, 5.74) is 2.45. The number of rotatable bonds is 12. The van der Waals surface area contributed by atoms with Gasteiger partial charge in [0.1, 0.15) is 18.3 Å². The van der Waals surface area contributed by atoms with Gasteiger partial charge in [0.25, 0.3) is 0 Å². The van der Waals surface area contributed by atoms with Gasteiger partial charge < -0.3 is 40.3 Å². The Morgan fingerprint density at radius 1 is 1.02 bits per heavy atom. The van der Waals surface area contributed by atoms with Crippen molar-refractivity contribution >= 4 is 22.9 Å². The zero-order valence-corrected chi connectivity index (χ0v) is 23.3. The molecular weight excluding hydrogens is 530 g/mol. The van der Waals surface area contributed by atoms with Gasteiger partial charge in [-0.25, -0.2) is 4.98 Å². The maximum atomic E-state index is 11.0. The second-order valence-electron chi connectivity index (χ2n) is 10.6. The Labute approximate surface area is 237 Å². The van der Waals surface area contributed by atoms with Gasteiger partial charge >= 0.3 is 0 Å². The highest BCUT2D eigenvalue weighted by atomic mass is 16.6. The number of benzene rings is 1. The average molecular weight is 568 g/mol. The molecule has 1 unspecified atom stereocenters. The van der Waals surface area contributed by atoms with Crippen LogP contribution in [0.3, 0.4) is 0 Å². The van der Waals surface area contributed by atoms with Gasteiger partial charge in [-0.1, -0.05) is 56.3 Å². The smallest absolute Gasteiger partial charge is 0.227 e. The van der Waals surface area contributed by atoms with Crippen molar-refractivity contribution < 1.29 is 29.7 Å². The van der Waals surface area contributed by atoms with E-state index in [0.29, 0.717) is 41.3 Å². The van der Waals surface area contributed by atoms with Crippen LogP contribution >= 0.6 is 0 Å². The van der Waals surface area contributed by atoms with E-state index in [-0.39, 0.29) is 31.1 Å².